The Hall–Kier alpha value is -2.02. The minimum absolute atomic E-state index is 0.325. The van der Waals surface area contributed by atoms with Crippen LogP contribution in [0.25, 0.3) is 0 Å². The van der Waals surface area contributed by atoms with Crippen LogP contribution in [0, 0.1) is 0 Å². The van der Waals surface area contributed by atoms with E-state index in [1.807, 2.05) is 37.4 Å². The molecule has 6 heteroatoms. The second-order valence-electron chi connectivity index (χ2n) is 5.87. The van der Waals surface area contributed by atoms with Crippen molar-refractivity contribution in [1.82, 2.24) is 9.21 Å². The molecule has 126 valence electrons. The zero-order valence-electron chi connectivity index (χ0n) is 13.7. The van der Waals surface area contributed by atoms with E-state index in [0.29, 0.717) is 18.0 Å². The Morgan fingerprint density at radius 1 is 0.917 bits per heavy atom. The molecule has 2 aromatic carbocycles. The zero-order valence-corrected chi connectivity index (χ0v) is 14.5. The van der Waals surface area contributed by atoms with Crippen LogP contribution in [-0.2, 0) is 10.0 Å². The highest BCUT2D eigenvalue weighted by molar-refractivity contribution is 7.89. The molecular weight excluding hydrogens is 322 g/mol. The van der Waals surface area contributed by atoms with Crippen LogP contribution in [0.5, 0.6) is 0 Å². The van der Waals surface area contributed by atoms with E-state index in [0.717, 1.165) is 24.3 Å². The van der Waals surface area contributed by atoms with E-state index >= 15 is 0 Å². The van der Waals surface area contributed by atoms with Crippen LogP contribution in [0.15, 0.2) is 64.5 Å². The zero-order chi connectivity index (χ0) is 17.0. The number of piperazine rings is 1. The summed E-state index contributed by atoms with van der Waals surface area (Å²) in [5.74, 6) is 0. The number of hydrogen-bond donors (Lipinski definition) is 0. The van der Waals surface area contributed by atoms with Gasteiger partial charge >= 0.3 is 0 Å². The number of sulfonamides is 1. The lowest BCUT2D eigenvalue weighted by atomic mass is 10.2. The van der Waals surface area contributed by atoms with Crippen molar-refractivity contribution >= 4 is 21.9 Å². The molecule has 0 unspecified atom stereocenters. The van der Waals surface area contributed by atoms with Crippen LogP contribution in [0.2, 0.25) is 0 Å². The molecule has 0 amide bonds. The normalized spacial score (nSPS) is 17.4. The number of benzene rings is 2. The average molecular weight is 343 g/mol. The van der Waals surface area contributed by atoms with E-state index in [1.165, 1.54) is 0 Å². The Bertz CT molecular complexity index is 794. The average Bonchev–Trinajstić information content (AvgIpc) is 2.61. The van der Waals surface area contributed by atoms with Gasteiger partial charge in [0.1, 0.15) is 0 Å². The van der Waals surface area contributed by atoms with Gasteiger partial charge in [0, 0.05) is 32.4 Å². The number of rotatable bonds is 4. The Balaban J connectivity index is 1.73. The molecule has 0 N–H and O–H groups in total. The summed E-state index contributed by atoms with van der Waals surface area (Å²) < 4.78 is 26.9. The maximum atomic E-state index is 12.7. The minimum Gasteiger partial charge on any atom is -0.304 e. The first-order valence-corrected chi connectivity index (χ1v) is 9.37. The molecule has 2 aromatic rings. The van der Waals surface area contributed by atoms with Crippen molar-refractivity contribution in [3.8, 4) is 0 Å². The van der Waals surface area contributed by atoms with Crippen LogP contribution in [0.1, 0.15) is 5.56 Å². The fraction of sp³-hybridized carbons (Fsp3) is 0.278. The molecule has 1 aliphatic heterocycles. The summed E-state index contributed by atoms with van der Waals surface area (Å²) in [5, 5.41) is 0. The van der Waals surface area contributed by atoms with E-state index in [-0.39, 0.29) is 0 Å². The van der Waals surface area contributed by atoms with Crippen molar-refractivity contribution in [3.63, 3.8) is 0 Å². The fourth-order valence-corrected chi connectivity index (χ4v) is 3.99. The molecule has 0 bridgehead atoms. The topological polar surface area (TPSA) is 53.0 Å². The van der Waals surface area contributed by atoms with Crippen molar-refractivity contribution in [3.05, 3.63) is 60.2 Å². The van der Waals surface area contributed by atoms with Crippen molar-refractivity contribution in [2.24, 2.45) is 4.99 Å². The van der Waals surface area contributed by atoms with Gasteiger partial charge in [0.25, 0.3) is 0 Å². The predicted molar refractivity (Wildman–Crippen MR) is 96.4 cm³/mol. The van der Waals surface area contributed by atoms with Crippen molar-refractivity contribution in [1.29, 1.82) is 0 Å². The smallest absolute Gasteiger partial charge is 0.243 e. The third kappa shape index (κ3) is 3.90. The first-order chi connectivity index (χ1) is 11.6. The Labute approximate surface area is 143 Å². The highest BCUT2D eigenvalue weighted by Gasteiger charge is 2.27. The van der Waals surface area contributed by atoms with Gasteiger partial charge < -0.3 is 4.90 Å². The summed E-state index contributed by atoms with van der Waals surface area (Å²) in [6, 6.07) is 16.5. The molecule has 1 fully saturated rings. The van der Waals surface area contributed by atoms with Gasteiger partial charge in [-0.15, -0.1) is 0 Å². The van der Waals surface area contributed by atoms with E-state index < -0.39 is 10.0 Å². The summed E-state index contributed by atoms with van der Waals surface area (Å²) in [4.78, 5) is 6.84. The molecule has 0 spiro atoms. The summed E-state index contributed by atoms with van der Waals surface area (Å²) in [7, 11) is -1.41. The van der Waals surface area contributed by atoms with Gasteiger partial charge in [-0.05, 0) is 36.9 Å². The van der Waals surface area contributed by atoms with E-state index in [4.69, 9.17) is 0 Å². The highest BCUT2D eigenvalue weighted by atomic mass is 32.2. The van der Waals surface area contributed by atoms with Crippen molar-refractivity contribution < 1.29 is 8.42 Å². The van der Waals surface area contributed by atoms with Gasteiger partial charge in [-0.3, -0.25) is 4.99 Å². The molecule has 0 saturated carbocycles. The first-order valence-electron chi connectivity index (χ1n) is 7.93. The minimum atomic E-state index is -3.41. The van der Waals surface area contributed by atoms with E-state index in [1.54, 1.807) is 34.8 Å². The van der Waals surface area contributed by atoms with Gasteiger partial charge in [-0.25, -0.2) is 8.42 Å². The summed E-state index contributed by atoms with van der Waals surface area (Å²) in [5.41, 5.74) is 1.74. The molecule has 1 heterocycles. The van der Waals surface area contributed by atoms with E-state index in [9.17, 15) is 8.42 Å². The third-order valence-electron chi connectivity index (χ3n) is 4.10. The molecule has 3 rings (SSSR count). The molecule has 24 heavy (non-hydrogen) atoms. The maximum absolute atomic E-state index is 12.7. The van der Waals surface area contributed by atoms with Gasteiger partial charge in [0.2, 0.25) is 10.0 Å². The van der Waals surface area contributed by atoms with Crippen LogP contribution >= 0.6 is 0 Å². The molecular formula is C18H21N3O2S. The molecule has 0 aromatic heterocycles. The Kier molecular flexibility index (Phi) is 5.08. The van der Waals surface area contributed by atoms with Crippen LogP contribution < -0.4 is 0 Å². The number of aliphatic imine (C=N–C) groups is 1. The lowest BCUT2D eigenvalue weighted by Gasteiger charge is -2.31. The van der Waals surface area contributed by atoms with Crippen molar-refractivity contribution in [2.45, 2.75) is 4.90 Å². The second kappa shape index (κ2) is 7.25. The highest BCUT2D eigenvalue weighted by Crippen LogP contribution is 2.21. The lowest BCUT2D eigenvalue weighted by Crippen LogP contribution is -2.46. The number of hydrogen-bond acceptors (Lipinski definition) is 4. The van der Waals surface area contributed by atoms with Gasteiger partial charge in [0.05, 0.1) is 10.6 Å². The van der Waals surface area contributed by atoms with Crippen molar-refractivity contribution in [2.75, 3.05) is 33.2 Å². The largest absolute Gasteiger partial charge is 0.304 e. The fourth-order valence-electron chi connectivity index (χ4n) is 2.57. The predicted octanol–water partition coefficient (Wildman–Crippen LogP) is 2.37. The molecule has 0 atom stereocenters. The SMILES string of the molecule is CN1CCN(S(=O)(=O)c2ccc(N=Cc3ccccc3)cc2)CC1. The number of likely N-dealkylation sites (N-methyl/N-ethyl adjacent to an activating group) is 1. The third-order valence-corrected chi connectivity index (χ3v) is 6.01. The first kappa shape index (κ1) is 16.8. The Morgan fingerprint density at radius 3 is 2.17 bits per heavy atom. The lowest BCUT2D eigenvalue weighted by molar-refractivity contribution is 0.222. The summed E-state index contributed by atoms with van der Waals surface area (Å²) >= 11 is 0. The van der Waals surface area contributed by atoms with Crippen LogP contribution in [-0.4, -0.2) is 57.1 Å². The van der Waals surface area contributed by atoms with Crippen LogP contribution in [0.3, 0.4) is 0 Å². The molecule has 1 aliphatic rings. The molecule has 0 aliphatic carbocycles. The standard InChI is InChI=1S/C18H21N3O2S/c1-20-11-13-21(14-12-20)24(22,23)18-9-7-17(8-10-18)19-15-16-5-3-2-4-6-16/h2-10,15H,11-14H2,1H3. The van der Waals surface area contributed by atoms with Gasteiger partial charge in [-0.1, -0.05) is 30.3 Å². The van der Waals surface area contributed by atoms with Gasteiger partial charge in [-0.2, -0.15) is 4.31 Å². The monoisotopic (exact) mass is 343 g/mol. The second-order valence-corrected chi connectivity index (χ2v) is 7.81. The maximum Gasteiger partial charge on any atom is 0.243 e. The van der Waals surface area contributed by atoms with Gasteiger partial charge in [0.15, 0.2) is 0 Å². The summed E-state index contributed by atoms with van der Waals surface area (Å²) in [6.45, 7) is 2.59. The molecule has 1 saturated heterocycles. The quantitative estimate of drug-likeness (QED) is 0.801. The molecule has 0 radical (unpaired) electrons. The number of nitrogens with zero attached hydrogens (tertiary/aromatic N) is 3. The Morgan fingerprint density at radius 2 is 1.54 bits per heavy atom. The van der Waals surface area contributed by atoms with E-state index in [2.05, 4.69) is 9.89 Å². The molecule has 5 nitrogen and oxygen atoms in total. The van der Waals surface area contributed by atoms with Crippen LogP contribution in [0.4, 0.5) is 5.69 Å². The summed E-state index contributed by atoms with van der Waals surface area (Å²) in [6.07, 6.45) is 1.77.